The minimum atomic E-state index is -1.02. The molecule has 0 aliphatic rings. The highest BCUT2D eigenvalue weighted by atomic mass is 16.4. The van der Waals surface area contributed by atoms with Gasteiger partial charge >= 0.3 is 5.97 Å². The summed E-state index contributed by atoms with van der Waals surface area (Å²) >= 11 is 0. The van der Waals surface area contributed by atoms with Crippen LogP contribution in [0, 0.1) is 0 Å². The van der Waals surface area contributed by atoms with Gasteiger partial charge in [-0.15, -0.1) is 0 Å². The SMILES string of the molecule is O=C(O)c1cc(Cc2c[nH]c3ccccc23)[nH]n1. The van der Waals surface area contributed by atoms with Crippen molar-refractivity contribution in [1.82, 2.24) is 15.2 Å². The van der Waals surface area contributed by atoms with Crippen LogP contribution in [0.5, 0.6) is 0 Å². The van der Waals surface area contributed by atoms with Crippen molar-refractivity contribution >= 4 is 16.9 Å². The number of carboxylic acids is 1. The van der Waals surface area contributed by atoms with Crippen LogP contribution in [0.3, 0.4) is 0 Å². The molecule has 0 amide bonds. The van der Waals surface area contributed by atoms with Crippen LogP contribution < -0.4 is 0 Å². The zero-order valence-electron chi connectivity index (χ0n) is 9.47. The van der Waals surface area contributed by atoms with E-state index >= 15 is 0 Å². The van der Waals surface area contributed by atoms with Crippen molar-refractivity contribution in [3.63, 3.8) is 0 Å². The maximum absolute atomic E-state index is 10.7. The van der Waals surface area contributed by atoms with Gasteiger partial charge in [0.15, 0.2) is 5.69 Å². The molecule has 5 nitrogen and oxygen atoms in total. The molecular weight excluding hydrogens is 230 g/mol. The summed E-state index contributed by atoms with van der Waals surface area (Å²) < 4.78 is 0. The molecule has 0 atom stereocenters. The average Bonchev–Trinajstić information content (AvgIpc) is 2.98. The Bertz CT molecular complexity index is 712. The Kier molecular flexibility index (Phi) is 2.37. The third-order valence-corrected chi connectivity index (χ3v) is 2.91. The van der Waals surface area contributed by atoms with Crippen molar-refractivity contribution < 1.29 is 9.90 Å². The molecule has 2 heterocycles. The van der Waals surface area contributed by atoms with Crippen LogP contribution in [0.25, 0.3) is 10.9 Å². The second kappa shape index (κ2) is 4.03. The maximum Gasteiger partial charge on any atom is 0.356 e. The molecular formula is C13H11N3O2. The summed E-state index contributed by atoms with van der Waals surface area (Å²) in [4.78, 5) is 13.9. The Morgan fingerprint density at radius 3 is 2.94 bits per heavy atom. The lowest BCUT2D eigenvalue weighted by Crippen LogP contribution is -1.95. The van der Waals surface area contributed by atoms with Gasteiger partial charge < -0.3 is 10.1 Å². The minimum absolute atomic E-state index is 0.0461. The first kappa shape index (κ1) is 10.6. The quantitative estimate of drug-likeness (QED) is 0.657. The lowest BCUT2D eigenvalue weighted by Gasteiger charge is -1.95. The molecule has 1 aromatic carbocycles. The number of fused-ring (bicyclic) bond motifs is 1. The van der Waals surface area contributed by atoms with Gasteiger partial charge in [0, 0.05) is 29.2 Å². The number of hydrogen-bond acceptors (Lipinski definition) is 2. The van der Waals surface area contributed by atoms with Crippen LogP contribution in [0.2, 0.25) is 0 Å². The number of nitrogens with zero attached hydrogens (tertiary/aromatic N) is 1. The van der Waals surface area contributed by atoms with E-state index in [2.05, 4.69) is 15.2 Å². The van der Waals surface area contributed by atoms with Crippen LogP contribution in [0.15, 0.2) is 36.5 Å². The number of aromatic nitrogens is 3. The number of aromatic amines is 2. The van der Waals surface area contributed by atoms with Crippen molar-refractivity contribution in [3.8, 4) is 0 Å². The highest BCUT2D eigenvalue weighted by molar-refractivity contribution is 5.85. The lowest BCUT2D eigenvalue weighted by molar-refractivity contribution is 0.0690. The van der Waals surface area contributed by atoms with Gasteiger partial charge in [0.1, 0.15) is 0 Å². The monoisotopic (exact) mass is 241 g/mol. The third kappa shape index (κ3) is 1.75. The van der Waals surface area contributed by atoms with Gasteiger partial charge in [0.2, 0.25) is 0 Å². The van der Waals surface area contributed by atoms with Crippen molar-refractivity contribution in [2.75, 3.05) is 0 Å². The van der Waals surface area contributed by atoms with Gasteiger partial charge in [-0.2, -0.15) is 5.10 Å². The summed E-state index contributed by atoms with van der Waals surface area (Å²) in [6.45, 7) is 0. The summed E-state index contributed by atoms with van der Waals surface area (Å²) in [6.07, 6.45) is 2.57. The number of H-pyrrole nitrogens is 2. The molecule has 0 spiro atoms. The molecule has 2 aromatic heterocycles. The van der Waals surface area contributed by atoms with Gasteiger partial charge in [-0.3, -0.25) is 5.10 Å². The number of benzene rings is 1. The largest absolute Gasteiger partial charge is 0.476 e. The molecule has 0 aliphatic carbocycles. The first-order chi connectivity index (χ1) is 8.74. The number of para-hydroxylation sites is 1. The van der Waals surface area contributed by atoms with E-state index in [-0.39, 0.29) is 5.69 Å². The zero-order valence-corrected chi connectivity index (χ0v) is 9.47. The molecule has 5 heteroatoms. The third-order valence-electron chi connectivity index (χ3n) is 2.91. The lowest BCUT2D eigenvalue weighted by atomic mass is 10.1. The Hall–Kier alpha value is -2.56. The molecule has 0 radical (unpaired) electrons. The maximum atomic E-state index is 10.7. The van der Waals surface area contributed by atoms with Crippen molar-refractivity contribution in [2.45, 2.75) is 6.42 Å². The molecule has 0 unspecified atom stereocenters. The van der Waals surface area contributed by atoms with Gasteiger partial charge in [0.25, 0.3) is 0 Å². The Morgan fingerprint density at radius 1 is 1.33 bits per heavy atom. The van der Waals surface area contributed by atoms with E-state index in [1.165, 1.54) is 0 Å². The molecule has 3 rings (SSSR count). The first-order valence-corrected chi connectivity index (χ1v) is 5.56. The van der Waals surface area contributed by atoms with Crippen molar-refractivity contribution in [3.05, 3.63) is 53.5 Å². The average molecular weight is 241 g/mol. The van der Waals surface area contributed by atoms with E-state index in [0.717, 1.165) is 22.2 Å². The van der Waals surface area contributed by atoms with Crippen LogP contribution in [0.4, 0.5) is 0 Å². The smallest absolute Gasteiger partial charge is 0.356 e. The summed E-state index contributed by atoms with van der Waals surface area (Å²) in [5.41, 5.74) is 3.03. The Labute approximate surface area is 102 Å². The standard InChI is InChI=1S/C13H11N3O2/c17-13(18)12-6-9(15-16-12)5-8-7-14-11-4-2-1-3-10(8)11/h1-4,6-7,14H,5H2,(H,15,16)(H,17,18). The molecule has 0 saturated carbocycles. The highest BCUT2D eigenvalue weighted by Gasteiger charge is 2.10. The van der Waals surface area contributed by atoms with E-state index in [1.54, 1.807) is 6.07 Å². The molecule has 3 N–H and O–H groups in total. The molecule has 0 fully saturated rings. The van der Waals surface area contributed by atoms with E-state index in [0.29, 0.717) is 6.42 Å². The van der Waals surface area contributed by atoms with Crippen LogP contribution in [-0.4, -0.2) is 26.3 Å². The Morgan fingerprint density at radius 2 is 2.17 bits per heavy atom. The fraction of sp³-hybridized carbons (Fsp3) is 0.0769. The summed E-state index contributed by atoms with van der Waals surface area (Å²) in [5, 5.41) is 16.4. The van der Waals surface area contributed by atoms with Gasteiger partial charge in [0.05, 0.1) is 0 Å². The second-order valence-electron chi connectivity index (χ2n) is 4.12. The number of rotatable bonds is 3. The van der Waals surface area contributed by atoms with Gasteiger partial charge in [-0.25, -0.2) is 4.79 Å². The highest BCUT2D eigenvalue weighted by Crippen LogP contribution is 2.20. The molecule has 90 valence electrons. The molecule has 0 saturated heterocycles. The van der Waals surface area contributed by atoms with Gasteiger partial charge in [-0.1, -0.05) is 18.2 Å². The molecule has 0 bridgehead atoms. The van der Waals surface area contributed by atoms with E-state index in [1.807, 2.05) is 30.5 Å². The van der Waals surface area contributed by atoms with Crippen molar-refractivity contribution in [1.29, 1.82) is 0 Å². The Balaban J connectivity index is 1.93. The second-order valence-corrected chi connectivity index (χ2v) is 4.12. The number of carbonyl (C=O) groups is 1. The zero-order chi connectivity index (χ0) is 12.5. The van der Waals surface area contributed by atoms with E-state index < -0.39 is 5.97 Å². The van der Waals surface area contributed by atoms with E-state index in [9.17, 15) is 4.79 Å². The number of hydrogen-bond donors (Lipinski definition) is 3. The van der Waals surface area contributed by atoms with Crippen LogP contribution >= 0.6 is 0 Å². The molecule has 18 heavy (non-hydrogen) atoms. The van der Waals surface area contributed by atoms with E-state index in [4.69, 9.17) is 5.11 Å². The fourth-order valence-corrected chi connectivity index (χ4v) is 2.04. The number of nitrogens with one attached hydrogen (secondary N) is 2. The topological polar surface area (TPSA) is 81.8 Å². The number of aromatic carboxylic acids is 1. The summed E-state index contributed by atoms with van der Waals surface area (Å²) in [5.74, 6) is -1.02. The first-order valence-electron chi connectivity index (χ1n) is 5.56. The summed E-state index contributed by atoms with van der Waals surface area (Å²) in [7, 11) is 0. The molecule has 3 aromatic rings. The fourth-order valence-electron chi connectivity index (χ4n) is 2.04. The summed E-state index contributed by atoms with van der Waals surface area (Å²) in [6, 6.07) is 9.56. The number of carboxylic acid groups (broad SMARTS) is 1. The van der Waals surface area contributed by atoms with Crippen LogP contribution in [0.1, 0.15) is 21.7 Å². The minimum Gasteiger partial charge on any atom is -0.476 e. The molecule has 0 aliphatic heterocycles. The predicted molar refractivity (Wildman–Crippen MR) is 66.7 cm³/mol. The van der Waals surface area contributed by atoms with Gasteiger partial charge in [-0.05, 0) is 17.7 Å². The van der Waals surface area contributed by atoms with Crippen molar-refractivity contribution in [2.24, 2.45) is 0 Å². The van der Waals surface area contributed by atoms with Crippen LogP contribution in [-0.2, 0) is 6.42 Å². The predicted octanol–water partition coefficient (Wildman–Crippen LogP) is 2.18. The normalized spacial score (nSPS) is 10.9.